The summed E-state index contributed by atoms with van der Waals surface area (Å²) in [4.78, 5) is 15.1. The Morgan fingerprint density at radius 2 is 2.00 bits per heavy atom. The van der Waals surface area contributed by atoms with Crippen molar-refractivity contribution in [1.82, 2.24) is 9.80 Å². The van der Waals surface area contributed by atoms with Crippen LogP contribution in [-0.2, 0) is 4.74 Å². The maximum Gasteiger partial charge on any atom is 0.409 e. The van der Waals surface area contributed by atoms with E-state index in [4.69, 9.17) is 15.9 Å². The van der Waals surface area contributed by atoms with Crippen molar-refractivity contribution in [2.24, 2.45) is 5.73 Å². The summed E-state index contributed by atoms with van der Waals surface area (Å²) in [5, 5.41) is 7.16. The molecule has 0 aromatic rings. The molecule has 15 heavy (non-hydrogen) atoms. The largest absolute Gasteiger partial charge is 0.450 e. The Morgan fingerprint density at radius 1 is 1.40 bits per heavy atom. The lowest BCUT2D eigenvalue weighted by Crippen LogP contribution is -2.50. The predicted molar refractivity (Wildman–Crippen MR) is 56.9 cm³/mol. The summed E-state index contributed by atoms with van der Waals surface area (Å²) in [7, 11) is 0. The monoisotopic (exact) mass is 214 g/mol. The van der Waals surface area contributed by atoms with Gasteiger partial charge in [-0.05, 0) is 6.92 Å². The molecule has 0 radical (unpaired) electrons. The van der Waals surface area contributed by atoms with E-state index in [-0.39, 0.29) is 11.9 Å². The van der Waals surface area contributed by atoms with E-state index in [0.717, 1.165) is 13.1 Å². The molecule has 0 spiro atoms. The highest BCUT2D eigenvalue weighted by Gasteiger charge is 2.21. The number of piperazine rings is 1. The molecule has 1 aliphatic rings. The second kappa shape index (κ2) is 5.55. The number of rotatable bonds is 3. The van der Waals surface area contributed by atoms with Crippen LogP contribution < -0.4 is 5.73 Å². The number of carbonyl (C=O) groups is 1. The minimum absolute atomic E-state index is 0.166. The smallest absolute Gasteiger partial charge is 0.409 e. The lowest BCUT2D eigenvalue weighted by atomic mass is 10.3. The van der Waals surface area contributed by atoms with Gasteiger partial charge in [-0.15, -0.1) is 0 Å². The van der Waals surface area contributed by atoms with Crippen molar-refractivity contribution < 1.29 is 9.53 Å². The van der Waals surface area contributed by atoms with Crippen LogP contribution in [0, 0.1) is 5.41 Å². The number of hydrogen-bond donors (Lipinski definition) is 2. The molecule has 1 aliphatic heterocycles. The third kappa shape index (κ3) is 3.75. The fourth-order valence-corrected chi connectivity index (χ4v) is 1.54. The first-order valence-electron chi connectivity index (χ1n) is 5.10. The summed E-state index contributed by atoms with van der Waals surface area (Å²) in [5.74, 6) is 0.166. The van der Waals surface area contributed by atoms with Gasteiger partial charge in [0, 0.05) is 26.2 Å². The Hall–Kier alpha value is -1.30. The fourth-order valence-electron chi connectivity index (χ4n) is 1.54. The highest BCUT2D eigenvalue weighted by atomic mass is 16.6. The van der Waals surface area contributed by atoms with Gasteiger partial charge in [0.15, 0.2) is 0 Å². The Labute approximate surface area is 89.5 Å². The number of amides is 1. The molecular weight excluding hydrogens is 196 g/mol. The molecule has 3 N–H and O–H groups in total. The zero-order chi connectivity index (χ0) is 11.3. The van der Waals surface area contributed by atoms with Crippen LogP contribution in [0.5, 0.6) is 0 Å². The van der Waals surface area contributed by atoms with Crippen LogP contribution >= 0.6 is 0 Å². The van der Waals surface area contributed by atoms with E-state index in [1.54, 1.807) is 11.8 Å². The lowest BCUT2D eigenvalue weighted by Gasteiger charge is -2.33. The molecule has 0 aromatic heterocycles. The van der Waals surface area contributed by atoms with Gasteiger partial charge >= 0.3 is 6.09 Å². The van der Waals surface area contributed by atoms with E-state index < -0.39 is 0 Å². The van der Waals surface area contributed by atoms with Crippen LogP contribution in [0.1, 0.15) is 6.92 Å². The zero-order valence-corrected chi connectivity index (χ0v) is 9.03. The maximum atomic E-state index is 11.3. The van der Waals surface area contributed by atoms with E-state index in [1.807, 2.05) is 0 Å². The number of hydrogen-bond acceptors (Lipinski definition) is 4. The molecule has 6 heteroatoms. The van der Waals surface area contributed by atoms with Gasteiger partial charge in [0.1, 0.15) is 5.84 Å². The molecule has 1 fully saturated rings. The zero-order valence-electron chi connectivity index (χ0n) is 9.03. The standard InChI is InChI=1S/C9H18N4O2/c1-2-15-9(14)13-5-3-12(4-6-13)7-8(10)11/h2-7H2,1H3,(H3,10,11). The molecule has 6 nitrogen and oxygen atoms in total. The van der Waals surface area contributed by atoms with Crippen LogP contribution in [0.2, 0.25) is 0 Å². The Balaban J connectivity index is 2.29. The fraction of sp³-hybridized carbons (Fsp3) is 0.778. The van der Waals surface area contributed by atoms with Crippen LogP contribution in [-0.4, -0.2) is 61.1 Å². The summed E-state index contributed by atoms with van der Waals surface area (Å²) < 4.78 is 4.90. The first-order chi connectivity index (χ1) is 7.13. The topological polar surface area (TPSA) is 82.7 Å². The predicted octanol–water partition coefficient (Wildman–Crippen LogP) is -0.304. The summed E-state index contributed by atoms with van der Waals surface area (Å²) in [6.45, 7) is 5.47. The molecular formula is C9H18N4O2. The molecule has 1 amide bonds. The van der Waals surface area contributed by atoms with Crippen molar-refractivity contribution in [1.29, 1.82) is 5.41 Å². The van der Waals surface area contributed by atoms with E-state index in [1.165, 1.54) is 0 Å². The Kier molecular flexibility index (Phi) is 4.36. The van der Waals surface area contributed by atoms with Gasteiger partial charge < -0.3 is 15.4 Å². The van der Waals surface area contributed by atoms with Crippen molar-refractivity contribution in [3.8, 4) is 0 Å². The van der Waals surface area contributed by atoms with Gasteiger partial charge in [0.25, 0.3) is 0 Å². The third-order valence-corrected chi connectivity index (χ3v) is 2.29. The molecule has 1 rings (SSSR count). The van der Waals surface area contributed by atoms with Crippen molar-refractivity contribution in [2.45, 2.75) is 6.92 Å². The van der Waals surface area contributed by atoms with Crippen molar-refractivity contribution >= 4 is 11.9 Å². The average Bonchev–Trinajstić information content (AvgIpc) is 2.18. The Morgan fingerprint density at radius 3 is 2.47 bits per heavy atom. The molecule has 1 saturated heterocycles. The van der Waals surface area contributed by atoms with Crippen molar-refractivity contribution in [2.75, 3.05) is 39.3 Å². The normalized spacial score (nSPS) is 17.5. The highest BCUT2D eigenvalue weighted by molar-refractivity contribution is 5.79. The minimum atomic E-state index is -0.250. The molecule has 0 bridgehead atoms. The number of carbonyl (C=O) groups excluding carboxylic acids is 1. The summed E-state index contributed by atoms with van der Waals surface area (Å²) >= 11 is 0. The molecule has 86 valence electrons. The van der Waals surface area contributed by atoms with Crippen LogP contribution in [0.4, 0.5) is 4.79 Å². The third-order valence-electron chi connectivity index (χ3n) is 2.29. The van der Waals surface area contributed by atoms with Crippen LogP contribution in [0.3, 0.4) is 0 Å². The molecule has 0 saturated carbocycles. The van der Waals surface area contributed by atoms with Gasteiger partial charge in [-0.1, -0.05) is 0 Å². The number of nitrogens with zero attached hydrogens (tertiary/aromatic N) is 2. The number of nitrogens with one attached hydrogen (secondary N) is 1. The van der Waals surface area contributed by atoms with Crippen molar-refractivity contribution in [3.05, 3.63) is 0 Å². The van der Waals surface area contributed by atoms with Gasteiger partial charge in [-0.2, -0.15) is 0 Å². The van der Waals surface area contributed by atoms with Gasteiger partial charge in [0.2, 0.25) is 0 Å². The SMILES string of the molecule is CCOC(=O)N1CCN(CC(=N)N)CC1. The minimum Gasteiger partial charge on any atom is -0.450 e. The lowest BCUT2D eigenvalue weighted by molar-refractivity contribution is 0.0833. The summed E-state index contributed by atoms with van der Waals surface area (Å²) in [5.41, 5.74) is 5.30. The van der Waals surface area contributed by atoms with Gasteiger partial charge in [0.05, 0.1) is 13.2 Å². The number of ether oxygens (including phenoxy) is 1. The maximum absolute atomic E-state index is 11.3. The van der Waals surface area contributed by atoms with Crippen LogP contribution in [0.15, 0.2) is 0 Å². The molecule has 0 aliphatic carbocycles. The van der Waals surface area contributed by atoms with Gasteiger partial charge in [-0.3, -0.25) is 10.3 Å². The van der Waals surface area contributed by atoms with Crippen LogP contribution in [0.25, 0.3) is 0 Å². The molecule has 0 atom stereocenters. The first kappa shape index (κ1) is 11.8. The number of amidine groups is 1. The van der Waals surface area contributed by atoms with E-state index in [0.29, 0.717) is 26.2 Å². The second-order valence-electron chi connectivity index (χ2n) is 3.49. The first-order valence-corrected chi connectivity index (χ1v) is 5.10. The van der Waals surface area contributed by atoms with E-state index in [2.05, 4.69) is 4.90 Å². The second-order valence-corrected chi connectivity index (χ2v) is 3.49. The summed E-state index contributed by atoms with van der Waals surface area (Å²) in [6.07, 6.45) is -0.250. The van der Waals surface area contributed by atoms with Crippen molar-refractivity contribution in [3.63, 3.8) is 0 Å². The molecule has 0 unspecified atom stereocenters. The van der Waals surface area contributed by atoms with Gasteiger partial charge in [-0.25, -0.2) is 4.79 Å². The average molecular weight is 214 g/mol. The van der Waals surface area contributed by atoms with E-state index >= 15 is 0 Å². The Bertz CT molecular complexity index is 236. The molecule has 0 aromatic carbocycles. The number of nitrogens with two attached hydrogens (primary N) is 1. The van der Waals surface area contributed by atoms with E-state index in [9.17, 15) is 4.79 Å². The molecule has 1 heterocycles. The summed E-state index contributed by atoms with van der Waals surface area (Å²) in [6, 6.07) is 0. The highest BCUT2D eigenvalue weighted by Crippen LogP contribution is 2.03. The quantitative estimate of drug-likeness (QED) is 0.499.